The summed E-state index contributed by atoms with van der Waals surface area (Å²) < 4.78 is 5.76. The van der Waals surface area contributed by atoms with E-state index in [4.69, 9.17) is 4.74 Å². The first-order valence-corrected chi connectivity index (χ1v) is 5.69. The van der Waals surface area contributed by atoms with Crippen LogP contribution in [0.25, 0.3) is 0 Å². The van der Waals surface area contributed by atoms with Gasteiger partial charge in [-0.1, -0.05) is 6.92 Å². The lowest BCUT2D eigenvalue weighted by atomic mass is 10.2. The molecule has 0 saturated heterocycles. The highest BCUT2D eigenvalue weighted by Crippen LogP contribution is 2.20. The lowest BCUT2D eigenvalue weighted by molar-refractivity contribution is 0.123. The van der Waals surface area contributed by atoms with Crippen molar-refractivity contribution in [1.29, 1.82) is 0 Å². The van der Waals surface area contributed by atoms with Gasteiger partial charge >= 0.3 is 0 Å². The van der Waals surface area contributed by atoms with E-state index in [1.165, 1.54) is 0 Å². The Hall–Kier alpha value is -1.32. The fourth-order valence-corrected chi connectivity index (χ4v) is 1.14. The summed E-state index contributed by atoms with van der Waals surface area (Å²) in [5.41, 5.74) is 0.721. The minimum absolute atomic E-state index is 0.235. The average molecular weight is 223 g/mol. The first kappa shape index (κ1) is 12.7. The summed E-state index contributed by atoms with van der Waals surface area (Å²) in [5, 5.41) is 3.15. The molecule has 4 heteroatoms. The fourth-order valence-electron chi connectivity index (χ4n) is 1.14. The first-order chi connectivity index (χ1) is 7.42. The number of nitrogens with one attached hydrogen (secondary N) is 1. The van der Waals surface area contributed by atoms with E-state index >= 15 is 0 Å². The van der Waals surface area contributed by atoms with Gasteiger partial charge < -0.3 is 10.1 Å². The average Bonchev–Trinajstić information content (AvgIpc) is 2.17. The molecule has 0 fully saturated rings. The molecule has 0 amide bonds. The molecule has 4 nitrogen and oxygen atoms in total. The Morgan fingerprint density at radius 3 is 2.62 bits per heavy atom. The van der Waals surface area contributed by atoms with E-state index in [1.54, 1.807) is 6.20 Å². The van der Waals surface area contributed by atoms with E-state index < -0.39 is 0 Å². The molecule has 0 aliphatic heterocycles. The van der Waals surface area contributed by atoms with Crippen LogP contribution in [-0.2, 0) is 0 Å². The molecule has 0 atom stereocenters. The van der Waals surface area contributed by atoms with Gasteiger partial charge in [-0.3, -0.25) is 0 Å². The van der Waals surface area contributed by atoms with Crippen LogP contribution in [0.2, 0.25) is 0 Å². The Bertz CT molecular complexity index is 345. The summed E-state index contributed by atoms with van der Waals surface area (Å²) in [7, 11) is 0. The third kappa shape index (κ3) is 4.04. The summed E-state index contributed by atoms with van der Waals surface area (Å²) in [6.07, 6.45) is 2.83. The van der Waals surface area contributed by atoms with Crippen molar-refractivity contribution in [3.05, 3.63) is 11.8 Å². The Balaban J connectivity index is 2.82. The second-order valence-corrected chi connectivity index (χ2v) is 4.82. The standard InChI is InChI=1S/C12H21N3O/c1-6-7-13-11-14-8-9(2)10(15-11)16-12(3,4)5/h8H,6-7H2,1-5H3,(H,13,14,15). The number of anilines is 1. The first-order valence-electron chi connectivity index (χ1n) is 5.69. The number of rotatable bonds is 4. The Kier molecular flexibility index (Phi) is 4.10. The van der Waals surface area contributed by atoms with Crippen molar-refractivity contribution in [3.63, 3.8) is 0 Å². The molecule has 0 saturated carbocycles. The zero-order valence-corrected chi connectivity index (χ0v) is 10.8. The Morgan fingerprint density at radius 1 is 1.38 bits per heavy atom. The Labute approximate surface area is 97.5 Å². The van der Waals surface area contributed by atoms with Gasteiger partial charge in [0.25, 0.3) is 0 Å². The molecule has 0 bridgehead atoms. The van der Waals surface area contributed by atoms with Crippen LogP contribution in [0.15, 0.2) is 6.20 Å². The molecule has 1 aromatic rings. The van der Waals surface area contributed by atoms with Gasteiger partial charge in [0.05, 0.1) is 0 Å². The van der Waals surface area contributed by atoms with Gasteiger partial charge in [-0.15, -0.1) is 0 Å². The molecule has 90 valence electrons. The number of aryl methyl sites for hydroxylation is 1. The molecular weight excluding hydrogens is 202 g/mol. The quantitative estimate of drug-likeness (QED) is 0.852. The van der Waals surface area contributed by atoms with Gasteiger partial charge in [0.2, 0.25) is 11.8 Å². The van der Waals surface area contributed by atoms with E-state index in [0.717, 1.165) is 18.5 Å². The summed E-state index contributed by atoms with van der Waals surface area (Å²) in [4.78, 5) is 8.55. The molecule has 16 heavy (non-hydrogen) atoms. The monoisotopic (exact) mass is 223 g/mol. The fraction of sp³-hybridized carbons (Fsp3) is 0.667. The molecule has 1 heterocycles. The van der Waals surface area contributed by atoms with E-state index in [-0.39, 0.29) is 5.60 Å². The lowest BCUT2D eigenvalue weighted by Crippen LogP contribution is -2.24. The van der Waals surface area contributed by atoms with E-state index in [0.29, 0.717) is 11.8 Å². The highest BCUT2D eigenvalue weighted by atomic mass is 16.5. The molecule has 0 unspecified atom stereocenters. The number of aromatic nitrogens is 2. The van der Waals surface area contributed by atoms with Crippen molar-refractivity contribution in [3.8, 4) is 5.88 Å². The van der Waals surface area contributed by atoms with Crippen LogP contribution in [0.5, 0.6) is 5.88 Å². The van der Waals surface area contributed by atoms with E-state index in [2.05, 4.69) is 22.2 Å². The molecule has 1 rings (SSSR count). The van der Waals surface area contributed by atoms with Gasteiger partial charge in [0.15, 0.2) is 0 Å². The summed E-state index contributed by atoms with van der Waals surface area (Å²) in [6, 6.07) is 0. The van der Waals surface area contributed by atoms with E-state index in [1.807, 2.05) is 27.7 Å². The van der Waals surface area contributed by atoms with Crippen LogP contribution < -0.4 is 10.1 Å². The number of hydrogen-bond donors (Lipinski definition) is 1. The van der Waals surface area contributed by atoms with Gasteiger partial charge in [-0.05, 0) is 34.1 Å². The Morgan fingerprint density at radius 2 is 2.06 bits per heavy atom. The minimum Gasteiger partial charge on any atom is -0.472 e. The largest absolute Gasteiger partial charge is 0.472 e. The van der Waals surface area contributed by atoms with Crippen LogP contribution >= 0.6 is 0 Å². The number of nitrogens with zero attached hydrogens (tertiary/aromatic N) is 2. The molecule has 0 spiro atoms. The van der Waals surface area contributed by atoms with Crippen LogP contribution in [0.3, 0.4) is 0 Å². The highest BCUT2D eigenvalue weighted by Gasteiger charge is 2.15. The van der Waals surface area contributed by atoms with Crippen molar-refractivity contribution in [2.75, 3.05) is 11.9 Å². The molecule has 0 aromatic carbocycles. The second kappa shape index (κ2) is 5.14. The van der Waals surface area contributed by atoms with Gasteiger partial charge in [0, 0.05) is 18.3 Å². The van der Waals surface area contributed by atoms with Crippen molar-refractivity contribution < 1.29 is 4.74 Å². The molecule has 0 radical (unpaired) electrons. The predicted octanol–water partition coefficient (Wildman–Crippen LogP) is 2.78. The normalized spacial score (nSPS) is 11.3. The number of ether oxygens (including phenoxy) is 1. The predicted molar refractivity (Wildman–Crippen MR) is 65.9 cm³/mol. The van der Waals surface area contributed by atoms with Gasteiger partial charge in [0.1, 0.15) is 5.60 Å². The van der Waals surface area contributed by atoms with E-state index in [9.17, 15) is 0 Å². The zero-order chi connectivity index (χ0) is 12.2. The molecule has 0 aliphatic carbocycles. The zero-order valence-electron chi connectivity index (χ0n) is 10.8. The highest BCUT2D eigenvalue weighted by molar-refractivity contribution is 5.32. The third-order valence-corrected chi connectivity index (χ3v) is 1.86. The molecular formula is C12H21N3O. The molecule has 1 N–H and O–H groups in total. The van der Waals surface area contributed by atoms with Crippen molar-refractivity contribution >= 4 is 5.95 Å². The smallest absolute Gasteiger partial charge is 0.225 e. The maximum Gasteiger partial charge on any atom is 0.225 e. The lowest BCUT2D eigenvalue weighted by Gasteiger charge is -2.21. The van der Waals surface area contributed by atoms with Gasteiger partial charge in [-0.2, -0.15) is 4.98 Å². The summed E-state index contributed by atoms with van der Waals surface area (Å²) >= 11 is 0. The number of hydrogen-bond acceptors (Lipinski definition) is 4. The maximum atomic E-state index is 5.76. The van der Waals surface area contributed by atoms with Crippen LogP contribution in [0.4, 0.5) is 5.95 Å². The van der Waals surface area contributed by atoms with Crippen molar-refractivity contribution in [2.45, 2.75) is 46.6 Å². The SMILES string of the molecule is CCCNc1ncc(C)c(OC(C)(C)C)n1. The second-order valence-electron chi connectivity index (χ2n) is 4.82. The summed E-state index contributed by atoms with van der Waals surface area (Å²) in [5.74, 6) is 1.29. The third-order valence-electron chi connectivity index (χ3n) is 1.86. The minimum atomic E-state index is -0.235. The molecule has 1 aromatic heterocycles. The van der Waals surface area contributed by atoms with Crippen LogP contribution in [0, 0.1) is 6.92 Å². The van der Waals surface area contributed by atoms with Crippen LogP contribution in [-0.4, -0.2) is 22.1 Å². The maximum absolute atomic E-state index is 5.76. The topological polar surface area (TPSA) is 47.0 Å². The van der Waals surface area contributed by atoms with Gasteiger partial charge in [-0.25, -0.2) is 4.98 Å². The molecule has 0 aliphatic rings. The van der Waals surface area contributed by atoms with Crippen molar-refractivity contribution in [1.82, 2.24) is 9.97 Å². The van der Waals surface area contributed by atoms with Crippen molar-refractivity contribution in [2.24, 2.45) is 0 Å². The summed E-state index contributed by atoms with van der Waals surface area (Å²) in [6.45, 7) is 10.9. The van der Waals surface area contributed by atoms with Crippen LogP contribution in [0.1, 0.15) is 39.7 Å².